The molecule has 0 N–H and O–H groups in total. The van der Waals surface area contributed by atoms with Gasteiger partial charge in [-0.25, -0.2) is 4.98 Å². The number of aliphatic imine (C=N–C) groups is 2. The van der Waals surface area contributed by atoms with Gasteiger partial charge in [0.2, 0.25) is 0 Å². The van der Waals surface area contributed by atoms with Crippen LogP contribution in [0.4, 0.5) is 0 Å². The maximum atomic E-state index is 5.20. The summed E-state index contributed by atoms with van der Waals surface area (Å²) in [5.74, 6) is 2.20. The summed E-state index contributed by atoms with van der Waals surface area (Å²) in [6.45, 7) is 16.1. The average molecular weight is 536 g/mol. The minimum atomic E-state index is 0.194. The summed E-state index contributed by atoms with van der Waals surface area (Å²) >= 11 is 0.194. The summed E-state index contributed by atoms with van der Waals surface area (Å²) in [6.07, 6.45) is 8.89. The fourth-order valence-electron chi connectivity index (χ4n) is 5.78. The van der Waals surface area contributed by atoms with Crippen LogP contribution in [0.1, 0.15) is 105 Å². The van der Waals surface area contributed by atoms with Gasteiger partial charge in [-0.1, -0.05) is 53.5 Å². The fourth-order valence-corrected chi connectivity index (χ4v) is 5.78. The van der Waals surface area contributed by atoms with E-state index in [0.29, 0.717) is 23.4 Å². The molecule has 0 amide bonds. The molecule has 0 radical (unpaired) electrons. The topological polar surface area (TPSA) is 37.6 Å². The van der Waals surface area contributed by atoms with Gasteiger partial charge >= 0.3 is 33.3 Å². The molecule has 2 saturated carbocycles. The molecule has 0 bridgehead atoms. The Labute approximate surface area is 217 Å². The summed E-state index contributed by atoms with van der Waals surface area (Å²) in [7, 11) is 9.53. The first kappa shape index (κ1) is 28.8. The molecule has 0 aliphatic heterocycles. The predicted octanol–water partition coefficient (Wildman–Crippen LogP) is 8.51. The van der Waals surface area contributed by atoms with E-state index < -0.39 is 0 Å². The fraction of sp³-hybridized carbons (Fsp3) is 0.741. The summed E-state index contributed by atoms with van der Waals surface area (Å²) in [6, 6.07) is 7.19. The van der Waals surface area contributed by atoms with Crippen LogP contribution in [-0.2, 0) is 13.1 Å². The number of hydrogen-bond acceptors (Lipinski definition) is 3. The monoisotopic (exact) mass is 535 g/mol. The molecular weight excluding hydrogens is 493 g/mol. The third-order valence-corrected chi connectivity index (χ3v) is 7.22. The van der Waals surface area contributed by atoms with Gasteiger partial charge in [-0.05, 0) is 81.3 Å². The van der Waals surface area contributed by atoms with Crippen molar-refractivity contribution in [3.05, 3.63) is 29.6 Å². The van der Waals surface area contributed by atoms with Crippen molar-refractivity contribution < 1.29 is 13.1 Å². The molecule has 4 atom stereocenters. The van der Waals surface area contributed by atoms with Crippen molar-refractivity contribution in [3.63, 3.8) is 0 Å². The van der Waals surface area contributed by atoms with Gasteiger partial charge < -0.3 is 0 Å². The maximum absolute atomic E-state index is 5.20. The molecule has 3 rings (SSSR count). The summed E-state index contributed by atoms with van der Waals surface area (Å²) in [4.78, 5) is 15.3. The molecule has 6 heteroatoms. The van der Waals surface area contributed by atoms with E-state index in [1.807, 2.05) is 0 Å². The van der Waals surface area contributed by atoms with Crippen molar-refractivity contribution in [2.75, 3.05) is 0 Å². The molecule has 2 aliphatic carbocycles. The van der Waals surface area contributed by atoms with E-state index in [1.165, 1.54) is 44.9 Å². The Morgan fingerprint density at radius 1 is 0.909 bits per heavy atom. The van der Waals surface area contributed by atoms with Crippen LogP contribution < -0.4 is 0 Å². The van der Waals surface area contributed by atoms with Crippen LogP contribution in [0.15, 0.2) is 28.2 Å². The first-order valence-corrected chi connectivity index (χ1v) is 15.5. The Morgan fingerprint density at radius 3 is 1.97 bits per heavy atom. The van der Waals surface area contributed by atoms with Crippen molar-refractivity contribution in [1.82, 2.24) is 4.98 Å². The number of aromatic nitrogens is 1. The van der Waals surface area contributed by atoms with Gasteiger partial charge in [-0.15, -0.1) is 0 Å². The van der Waals surface area contributed by atoms with Crippen LogP contribution in [0.2, 0.25) is 0 Å². The molecule has 0 saturated heterocycles. The number of halogens is 2. The van der Waals surface area contributed by atoms with Crippen LogP contribution in [0.3, 0.4) is 0 Å². The second-order valence-corrected chi connectivity index (χ2v) is 13.1. The molecular formula is C27H43Cl2FeN3. The Kier molecular flexibility index (Phi) is 11.9. The van der Waals surface area contributed by atoms with E-state index in [-0.39, 0.29) is 13.1 Å². The molecule has 1 aromatic heterocycles. The van der Waals surface area contributed by atoms with Gasteiger partial charge in [-0.2, -0.15) is 0 Å². The van der Waals surface area contributed by atoms with Crippen molar-refractivity contribution in [2.24, 2.45) is 33.2 Å². The van der Waals surface area contributed by atoms with Crippen molar-refractivity contribution >= 4 is 31.6 Å². The van der Waals surface area contributed by atoms with Gasteiger partial charge in [0.25, 0.3) is 0 Å². The van der Waals surface area contributed by atoms with Crippen molar-refractivity contribution in [3.8, 4) is 0 Å². The zero-order valence-corrected chi connectivity index (χ0v) is 24.1. The molecule has 1 heterocycles. The molecule has 33 heavy (non-hydrogen) atoms. The number of hydrogen-bond donors (Lipinski definition) is 0. The third kappa shape index (κ3) is 9.28. The Bertz CT molecular complexity index is 793. The summed E-state index contributed by atoms with van der Waals surface area (Å²) in [5, 5.41) is 0. The number of pyridine rings is 1. The van der Waals surface area contributed by atoms with Crippen LogP contribution in [0.5, 0.6) is 0 Å². The van der Waals surface area contributed by atoms with Crippen LogP contribution in [-0.4, -0.2) is 28.5 Å². The van der Waals surface area contributed by atoms with E-state index in [2.05, 4.69) is 66.7 Å². The quantitative estimate of drug-likeness (QED) is 0.281. The molecule has 1 aromatic rings. The van der Waals surface area contributed by atoms with Crippen molar-refractivity contribution in [2.45, 2.75) is 105 Å². The summed E-state index contributed by atoms with van der Waals surface area (Å²) < 4.78 is 0. The van der Waals surface area contributed by atoms with Crippen LogP contribution in [0, 0.1) is 23.2 Å². The molecule has 188 valence electrons. The Balaban J connectivity index is 0.00000122. The molecule has 0 aromatic carbocycles. The van der Waals surface area contributed by atoms with E-state index in [9.17, 15) is 0 Å². The van der Waals surface area contributed by atoms with Crippen LogP contribution >= 0.6 is 20.2 Å². The minimum absolute atomic E-state index is 0.194. The zero-order chi connectivity index (χ0) is 24.6. The molecule has 0 spiro atoms. The second kappa shape index (κ2) is 13.6. The third-order valence-electron chi connectivity index (χ3n) is 7.22. The van der Waals surface area contributed by atoms with Gasteiger partial charge in [0.1, 0.15) is 0 Å². The standard InChI is InChI=1S/C27H43N3.2ClH.Fe/c1-18-15-19(2)17-22(16-18)28-20(3)24-13-10-14-25(30-24)21(4)29-26-12-9-8-11-23(26)27(5,6)7;;;/h10,13-14,18-19,22-23,26H,8-9,11-12,15-17H2,1-7H3;2*1H;/q;;;+2/p-2. The van der Waals surface area contributed by atoms with E-state index >= 15 is 0 Å². The van der Waals surface area contributed by atoms with E-state index in [1.54, 1.807) is 0 Å². The molecule has 3 nitrogen and oxygen atoms in total. The normalized spacial score (nSPS) is 29.4. The first-order chi connectivity index (χ1) is 15.5. The second-order valence-electron chi connectivity index (χ2n) is 11.3. The predicted molar refractivity (Wildman–Crippen MR) is 142 cm³/mol. The Morgan fingerprint density at radius 2 is 1.42 bits per heavy atom. The average Bonchev–Trinajstić information content (AvgIpc) is 2.73. The van der Waals surface area contributed by atoms with Gasteiger partial charge in [0, 0.05) is 0 Å². The van der Waals surface area contributed by atoms with Crippen LogP contribution in [0.25, 0.3) is 0 Å². The molecule has 2 fully saturated rings. The van der Waals surface area contributed by atoms with Gasteiger partial charge in [0.05, 0.1) is 34.9 Å². The van der Waals surface area contributed by atoms with Gasteiger partial charge in [-0.3, -0.25) is 9.98 Å². The summed E-state index contributed by atoms with van der Waals surface area (Å²) in [5.41, 5.74) is 4.46. The van der Waals surface area contributed by atoms with Gasteiger partial charge in [0.15, 0.2) is 0 Å². The number of nitrogens with zero attached hydrogens (tertiary/aromatic N) is 3. The first-order valence-electron chi connectivity index (χ1n) is 12.5. The molecule has 2 aliphatic rings. The van der Waals surface area contributed by atoms with Crippen molar-refractivity contribution in [1.29, 1.82) is 0 Å². The van der Waals surface area contributed by atoms with E-state index in [0.717, 1.165) is 34.6 Å². The zero-order valence-electron chi connectivity index (χ0n) is 21.5. The SMILES string of the molecule is CC(=NC1CC(C)CC(C)C1)c1cccc(C(C)=NC2CCCCC2C(C)(C)C)n1.[Cl][Fe][Cl]. The molecule has 4 unspecified atom stereocenters. The number of rotatable bonds is 4. The van der Waals surface area contributed by atoms with E-state index in [4.69, 9.17) is 35.2 Å². The Hall–Kier alpha value is -0.411.